The molecule has 24 heavy (non-hydrogen) atoms. The lowest BCUT2D eigenvalue weighted by Crippen LogP contribution is -2.27. The van der Waals surface area contributed by atoms with Gasteiger partial charge in [0, 0.05) is 18.0 Å². The molecule has 1 unspecified atom stereocenters. The Bertz CT molecular complexity index is 647. The molecule has 1 aliphatic rings. The number of nitrogens with zero attached hydrogens (tertiary/aromatic N) is 3. The predicted molar refractivity (Wildman–Crippen MR) is 108 cm³/mol. The molecule has 2 heterocycles. The highest BCUT2D eigenvalue weighted by molar-refractivity contribution is 7.19. The van der Waals surface area contributed by atoms with Crippen LogP contribution in [0, 0.1) is 5.92 Å². The molecular formula is C19H30ClN3S. The van der Waals surface area contributed by atoms with Gasteiger partial charge in [-0.15, -0.1) is 23.7 Å². The molecule has 0 radical (unpaired) electrons. The normalized spacial score (nSPS) is 16.7. The van der Waals surface area contributed by atoms with Crippen LogP contribution in [0.15, 0.2) is 6.33 Å². The van der Waals surface area contributed by atoms with Crippen LogP contribution in [0.5, 0.6) is 0 Å². The van der Waals surface area contributed by atoms with Gasteiger partial charge in [0.1, 0.15) is 17.0 Å². The van der Waals surface area contributed by atoms with E-state index in [1.54, 1.807) is 16.8 Å². The third-order valence-electron chi connectivity index (χ3n) is 4.93. The first-order valence-corrected chi connectivity index (χ1v) is 10.1. The highest BCUT2D eigenvalue weighted by Crippen LogP contribution is 2.40. The minimum absolute atomic E-state index is 0. The number of aryl methyl sites for hydroxylation is 1. The van der Waals surface area contributed by atoms with Crippen molar-refractivity contribution in [3.05, 3.63) is 16.8 Å². The van der Waals surface area contributed by atoms with E-state index in [9.17, 15) is 0 Å². The molecule has 2 aromatic rings. The molecule has 5 heteroatoms. The number of hydrogen-bond acceptors (Lipinski definition) is 4. The van der Waals surface area contributed by atoms with Gasteiger partial charge in [0.25, 0.3) is 0 Å². The van der Waals surface area contributed by atoms with Crippen LogP contribution in [-0.2, 0) is 12.8 Å². The van der Waals surface area contributed by atoms with Crippen LogP contribution in [0.4, 0.5) is 5.82 Å². The Labute approximate surface area is 156 Å². The summed E-state index contributed by atoms with van der Waals surface area (Å²) in [7, 11) is 0. The average Bonchev–Trinajstić information content (AvgIpc) is 2.92. The van der Waals surface area contributed by atoms with E-state index in [1.165, 1.54) is 61.0 Å². The number of rotatable bonds is 7. The second kappa shape index (κ2) is 9.00. The van der Waals surface area contributed by atoms with Crippen LogP contribution in [0.25, 0.3) is 10.2 Å². The molecule has 0 saturated heterocycles. The number of unbranched alkanes of at least 4 members (excludes halogenated alkanes) is 2. The van der Waals surface area contributed by atoms with Crippen molar-refractivity contribution >= 4 is 39.8 Å². The molecule has 3 nitrogen and oxygen atoms in total. The van der Waals surface area contributed by atoms with E-state index in [-0.39, 0.29) is 12.4 Å². The summed E-state index contributed by atoms with van der Waals surface area (Å²) in [6, 6.07) is 0. The van der Waals surface area contributed by atoms with Crippen LogP contribution >= 0.6 is 23.7 Å². The maximum Gasteiger partial charge on any atom is 0.141 e. The lowest BCUT2D eigenvalue weighted by Gasteiger charge is -2.25. The van der Waals surface area contributed by atoms with Crippen molar-refractivity contribution in [3.63, 3.8) is 0 Å². The van der Waals surface area contributed by atoms with Gasteiger partial charge in [0.05, 0.1) is 5.39 Å². The highest BCUT2D eigenvalue weighted by Gasteiger charge is 2.24. The van der Waals surface area contributed by atoms with Crippen molar-refractivity contribution in [2.75, 3.05) is 18.0 Å². The minimum atomic E-state index is 0. The summed E-state index contributed by atoms with van der Waals surface area (Å²) in [5.74, 6) is 2.01. The van der Waals surface area contributed by atoms with Crippen molar-refractivity contribution in [2.24, 2.45) is 5.92 Å². The molecule has 0 amide bonds. The van der Waals surface area contributed by atoms with Gasteiger partial charge in [0.2, 0.25) is 0 Å². The highest BCUT2D eigenvalue weighted by atomic mass is 35.5. The molecule has 0 saturated carbocycles. The Morgan fingerprint density at radius 3 is 2.54 bits per heavy atom. The van der Waals surface area contributed by atoms with Gasteiger partial charge in [-0.1, -0.05) is 33.6 Å². The van der Waals surface area contributed by atoms with E-state index in [4.69, 9.17) is 4.98 Å². The third-order valence-corrected chi connectivity index (χ3v) is 6.10. The van der Waals surface area contributed by atoms with Crippen LogP contribution in [0.3, 0.4) is 0 Å². The molecule has 0 fully saturated rings. The van der Waals surface area contributed by atoms with Gasteiger partial charge < -0.3 is 4.90 Å². The van der Waals surface area contributed by atoms with Crippen LogP contribution < -0.4 is 4.90 Å². The Morgan fingerprint density at radius 1 is 1.17 bits per heavy atom. The van der Waals surface area contributed by atoms with Crippen molar-refractivity contribution in [3.8, 4) is 0 Å². The Balaban J connectivity index is 0.00000208. The molecule has 0 N–H and O–H groups in total. The summed E-state index contributed by atoms with van der Waals surface area (Å²) in [5, 5.41) is 1.37. The molecule has 0 spiro atoms. The Hall–Kier alpha value is -0.870. The average molecular weight is 368 g/mol. The zero-order valence-electron chi connectivity index (χ0n) is 15.2. The summed E-state index contributed by atoms with van der Waals surface area (Å²) in [6.45, 7) is 9.13. The van der Waals surface area contributed by atoms with Gasteiger partial charge in [-0.25, -0.2) is 9.97 Å². The van der Waals surface area contributed by atoms with Crippen molar-refractivity contribution in [1.29, 1.82) is 0 Å². The first kappa shape index (κ1) is 19.5. The first-order chi connectivity index (χ1) is 11.2. The third kappa shape index (κ3) is 4.02. The molecule has 134 valence electrons. The molecule has 0 bridgehead atoms. The number of thiophene rings is 1. The summed E-state index contributed by atoms with van der Waals surface area (Å²) in [5.41, 5.74) is 1.55. The second-order valence-electron chi connectivity index (χ2n) is 6.92. The van der Waals surface area contributed by atoms with E-state index in [2.05, 4.69) is 30.7 Å². The van der Waals surface area contributed by atoms with Crippen LogP contribution in [0.1, 0.15) is 63.3 Å². The van der Waals surface area contributed by atoms with Crippen molar-refractivity contribution < 1.29 is 0 Å². The van der Waals surface area contributed by atoms with E-state index < -0.39 is 0 Å². The summed E-state index contributed by atoms with van der Waals surface area (Å²) in [6.07, 6.45) is 10.4. The first-order valence-electron chi connectivity index (χ1n) is 9.24. The molecule has 1 atom stereocenters. The fourth-order valence-electron chi connectivity index (χ4n) is 3.52. The number of fused-ring (bicyclic) bond motifs is 3. The van der Waals surface area contributed by atoms with Gasteiger partial charge in [0.15, 0.2) is 0 Å². The molecule has 1 aliphatic carbocycles. The monoisotopic (exact) mass is 367 g/mol. The molecule has 0 aromatic carbocycles. The molecule has 2 aromatic heterocycles. The van der Waals surface area contributed by atoms with Crippen LogP contribution in [0.2, 0.25) is 0 Å². The van der Waals surface area contributed by atoms with Crippen molar-refractivity contribution in [2.45, 2.75) is 65.7 Å². The van der Waals surface area contributed by atoms with Gasteiger partial charge in [-0.2, -0.15) is 0 Å². The fourth-order valence-corrected chi connectivity index (χ4v) is 4.86. The topological polar surface area (TPSA) is 29.0 Å². The lowest BCUT2D eigenvalue weighted by atomic mass is 9.89. The van der Waals surface area contributed by atoms with Crippen LogP contribution in [-0.4, -0.2) is 23.1 Å². The quantitative estimate of drug-likeness (QED) is 0.633. The SMILES string of the molecule is CCCCN(CCCC)c1ncnc2sc3c(c12)CCC(C)C3.Cl. The summed E-state index contributed by atoms with van der Waals surface area (Å²) in [4.78, 5) is 14.6. The number of halogens is 1. The van der Waals surface area contributed by atoms with Gasteiger partial charge in [-0.3, -0.25) is 0 Å². The second-order valence-corrected chi connectivity index (χ2v) is 8.01. The lowest BCUT2D eigenvalue weighted by molar-refractivity contribution is 0.509. The standard InChI is InChI=1S/C19H29N3S.ClH/c1-4-6-10-22(11-7-5-2)18-17-15-9-8-14(3)12-16(15)23-19(17)21-13-20-18;/h13-14H,4-12H2,1-3H3;1H. The van der Waals surface area contributed by atoms with E-state index in [1.807, 2.05) is 11.3 Å². The zero-order valence-corrected chi connectivity index (χ0v) is 16.8. The molecular weight excluding hydrogens is 338 g/mol. The summed E-state index contributed by atoms with van der Waals surface area (Å²) >= 11 is 1.90. The predicted octanol–water partition coefficient (Wildman–Crippen LogP) is 5.64. The number of aromatic nitrogens is 2. The fraction of sp³-hybridized carbons (Fsp3) is 0.684. The molecule has 3 rings (SSSR count). The van der Waals surface area contributed by atoms with Gasteiger partial charge in [-0.05, 0) is 43.6 Å². The Morgan fingerprint density at radius 2 is 1.88 bits per heavy atom. The smallest absolute Gasteiger partial charge is 0.141 e. The zero-order chi connectivity index (χ0) is 16.2. The minimum Gasteiger partial charge on any atom is -0.356 e. The maximum atomic E-state index is 4.73. The number of anilines is 1. The van der Waals surface area contributed by atoms with E-state index >= 15 is 0 Å². The largest absolute Gasteiger partial charge is 0.356 e. The maximum absolute atomic E-state index is 4.73. The van der Waals surface area contributed by atoms with Crippen molar-refractivity contribution in [1.82, 2.24) is 9.97 Å². The Kier molecular flexibility index (Phi) is 7.30. The van der Waals surface area contributed by atoms with E-state index in [0.29, 0.717) is 0 Å². The number of hydrogen-bond donors (Lipinski definition) is 0. The summed E-state index contributed by atoms with van der Waals surface area (Å²) < 4.78 is 0. The van der Waals surface area contributed by atoms with Gasteiger partial charge >= 0.3 is 0 Å². The molecule has 0 aliphatic heterocycles. The van der Waals surface area contributed by atoms with E-state index in [0.717, 1.165) is 19.0 Å².